The summed E-state index contributed by atoms with van der Waals surface area (Å²) in [5.41, 5.74) is 6.15. The molecule has 3 rings (SSSR count). The predicted octanol–water partition coefficient (Wildman–Crippen LogP) is 4.58. The number of imidazole rings is 1. The Balaban J connectivity index is 2.08. The lowest BCUT2D eigenvalue weighted by Crippen LogP contribution is -2.16. The monoisotopic (exact) mass is 371 g/mol. The fourth-order valence-corrected chi connectivity index (χ4v) is 3.27. The van der Waals surface area contributed by atoms with Gasteiger partial charge in [-0.15, -0.1) is 0 Å². The first-order chi connectivity index (χ1) is 10.9. The lowest BCUT2D eigenvalue weighted by molar-refractivity contribution is 0.102. The molecule has 0 fully saturated rings. The first-order valence-corrected chi connectivity index (χ1v) is 8.20. The van der Waals surface area contributed by atoms with Crippen molar-refractivity contribution in [1.82, 2.24) is 9.38 Å². The van der Waals surface area contributed by atoms with E-state index in [9.17, 15) is 4.79 Å². The second-order valence-corrected chi connectivity index (χ2v) is 6.70. The van der Waals surface area contributed by atoms with Crippen LogP contribution in [0.5, 0.6) is 0 Å². The number of aryl methyl sites for hydroxylation is 3. The fourth-order valence-electron chi connectivity index (χ4n) is 2.72. The van der Waals surface area contributed by atoms with Gasteiger partial charge in [0, 0.05) is 16.4 Å². The van der Waals surface area contributed by atoms with Gasteiger partial charge in [-0.1, -0.05) is 12.1 Å². The topological polar surface area (TPSA) is 46.4 Å². The van der Waals surface area contributed by atoms with E-state index in [2.05, 4.69) is 26.2 Å². The van der Waals surface area contributed by atoms with E-state index in [4.69, 9.17) is 0 Å². The van der Waals surface area contributed by atoms with Crippen molar-refractivity contribution in [2.75, 3.05) is 5.32 Å². The molecule has 3 aromatic rings. The molecule has 2 heterocycles. The molecule has 2 aromatic heterocycles. The van der Waals surface area contributed by atoms with E-state index < -0.39 is 0 Å². The number of aromatic nitrogens is 2. The minimum absolute atomic E-state index is 0.152. The Morgan fingerprint density at radius 1 is 1.17 bits per heavy atom. The highest BCUT2D eigenvalue weighted by atomic mass is 79.9. The van der Waals surface area contributed by atoms with Crippen molar-refractivity contribution in [3.05, 3.63) is 63.0 Å². The summed E-state index contributed by atoms with van der Waals surface area (Å²) < 4.78 is 2.76. The van der Waals surface area contributed by atoms with Crippen LogP contribution in [0.1, 0.15) is 32.9 Å². The largest absolute Gasteiger partial charge is 0.320 e. The normalized spacial score (nSPS) is 11.0. The Morgan fingerprint density at radius 3 is 2.65 bits per heavy atom. The molecule has 118 valence electrons. The van der Waals surface area contributed by atoms with Gasteiger partial charge >= 0.3 is 0 Å². The van der Waals surface area contributed by atoms with Crippen LogP contribution in [-0.4, -0.2) is 15.3 Å². The Bertz CT molecular complexity index is 928. The summed E-state index contributed by atoms with van der Waals surface area (Å²) in [6.45, 7) is 7.88. The number of anilines is 1. The van der Waals surface area contributed by atoms with E-state index in [1.165, 1.54) is 0 Å². The van der Waals surface area contributed by atoms with Crippen molar-refractivity contribution in [3.8, 4) is 0 Å². The number of nitrogens with zero attached hydrogens (tertiary/aromatic N) is 2. The van der Waals surface area contributed by atoms with Gasteiger partial charge < -0.3 is 5.32 Å². The lowest BCUT2D eigenvalue weighted by Gasteiger charge is -2.11. The average Bonchev–Trinajstić information content (AvgIpc) is 2.80. The molecule has 0 saturated heterocycles. The Hall–Kier alpha value is -2.14. The van der Waals surface area contributed by atoms with Crippen LogP contribution in [0, 0.1) is 27.7 Å². The molecule has 0 atom stereocenters. The van der Waals surface area contributed by atoms with Gasteiger partial charge in [0.05, 0.1) is 5.69 Å². The Labute approximate surface area is 143 Å². The summed E-state index contributed by atoms with van der Waals surface area (Å²) in [5, 5.41) is 3.01. The van der Waals surface area contributed by atoms with E-state index in [1.807, 2.05) is 62.6 Å². The number of fused-ring (bicyclic) bond motifs is 1. The van der Waals surface area contributed by atoms with E-state index in [-0.39, 0.29) is 5.91 Å². The molecular formula is C18H18BrN3O. The van der Waals surface area contributed by atoms with Gasteiger partial charge in [-0.3, -0.25) is 9.20 Å². The molecule has 0 aliphatic rings. The number of amides is 1. The van der Waals surface area contributed by atoms with Gasteiger partial charge in [-0.2, -0.15) is 0 Å². The number of hydrogen-bond acceptors (Lipinski definition) is 2. The van der Waals surface area contributed by atoms with Crippen molar-refractivity contribution in [3.63, 3.8) is 0 Å². The van der Waals surface area contributed by atoms with Crippen LogP contribution in [-0.2, 0) is 0 Å². The van der Waals surface area contributed by atoms with E-state index >= 15 is 0 Å². The highest BCUT2D eigenvalue weighted by Gasteiger charge is 2.19. The van der Waals surface area contributed by atoms with Crippen molar-refractivity contribution in [1.29, 1.82) is 0 Å². The average molecular weight is 372 g/mol. The van der Waals surface area contributed by atoms with Gasteiger partial charge in [0.1, 0.15) is 11.3 Å². The number of nitrogens with one attached hydrogen (secondary N) is 1. The number of benzene rings is 1. The molecule has 0 spiro atoms. The van der Waals surface area contributed by atoms with Gasteiger partial charge in [-0.05, 0) is 72.4 Å². The maximum Gasteiger partial charge on any atom is 0.274 e. The molecule has 0 radical (unpaired) electrons. The first kappa shape index (κ1) is 15.7. The third-order valence-corrected chi connectivity index (χ3v) is 4.55. The minimum atomic E-state index is -0.152. The molecule has 0 aliphatic carbocycles. The van der Waals surface area contributed by atoms with Crippen LogP contribution < -0.4 is 5.32 Å². The molecule has 0 bridgehead atoms. The molecule has 1 amide bonds. The van der Waals surface area contributed by atoms with Gasteiger partial charge in [0.2, 0.25) is 0 Å². The molecule has 1 N–H and O–H groups in total. The molecule has 0 unspecified atom stereocenters. The molecular weight excluding hydrogens is 354 g/mol. The van der Waals surface area contributed by atoms with Crippen molar-refractivity contribution < 1.29 is 4.79 Å². The second kappa shape index (κ2) is 5.81. The summed E-state index contributed by atoms with van der Waals surface area (Å²) in [4.78, 5) is 17.3. The number of hydrogen-bond donors (Lipinski definition) is 1. The minimum Gasteiger partial charge on any atom is -0.320 e. The number of pyridine rings is 1. The molecule has 4 nitrogen and oxygen atoms in total. The zero-order chi connectivity index (χ0) is 16.7. The zero-order valence-electron chi connectivity index (χ0n) is 13.6. The van der Waals surface area contributed by atoms with E-state index in [0.29, 0.717) is 11.4 Å². The van der Waals surface area contributed by atoms with Crippen LogP contribution >= 0.6 is 15.9 Å². The molecule has 23 heavy (non-hydrogen) atoms. The molecule has 1 aromatic carbocycles. The maximum atomic E-state index is 12.8. The Morgan fingerprint density at radius 2 is 1.91 bits per heavy atom. The standard InChI is InChI=1S/C18H18BrN3O/c1-10-6-5-7-15(12(10)3)21-18(23)16-13(4)20-17-11(2)8-14(19)9-22(16)17/h5-9H,1-4H3,(H,21,23). The lowest BCUT2D eigenvalue weighted by atomic mass is 10.1. The summed E-state index contributed by atoms with van der Waals surface area (Å²) >= 11 is 3.48. The maximum absolute atomic E-state index is 12.8. The number of rotatable bonds is 2. The number of halogens is 1. The molecule has 0 aliphatic heterocycles. The third-order valence-electron chi connectivity index (χ3n) is 4.11. The zero-order valence-corrected chi connectivity index (χ0v) is 15.2. The van der Waals surface area contributed by atoms with Gasteiger partial charge in [0.25, 0.3) is 5.91 Å². The summed E-state index contributed by atoms with van der Waals surface area (Å²) in [6.07, 6.45) is 1.88. The van der Waals surface area contributed by atoms with Crippen LogP contribution in [0.4, 0.5) is 5.69 Å². The number of carbonyl (C=O) groups is 1. The van der Waals surface area contributed by atoms with E-state index in [0.717, 1.165) is 32.5 Å². The van der Waals surface area contributed by atoms with Crippen molar-refractivity contribution >= 4 is 33.2 Å². The molecule has 0 saturated carbocycles. The van der Waals surface area contributed by atoms with Crippen molar-refractivity contribution in [2.24, 2.45) is 0 Å². The molecule has 5 heteroatoms. The van der Waals surface area contributed by atoms with E-state index in [1.54, 1.807) is 0 Å². The SMILES string of the molecule is Cc1cccc(NC(=O)c2c(C)nc3c(C)cc(Br)cn23)c1C. The summed E-state index contributed by atoms with van der Waals surface area (Å²) in [6, 6.07) is 7.89. The quantitative estimate of drug-likeness (QED) is 0.716. The van der Waals surface area contributed by atoms with Crippen LogP contribution in [0.2, 0.25) is 0 Å². The Kier molecular flexibility index (Phi) is 3.98. The summed E-state index contributed by atoms with van der Waals surface area (Å²) in [7, 11) is 0. The fraction of sp³-hybridized carbons (Fsp3) is 0.222. The van der Waals surface area contributed by atoms with Crippen LogP contribution in [0.15, 0.2) is 34.9 Å². The summed E-state index contributed by atoms with van der Waals surface area (Å²) in [5.74, 6) is -0.152. The van der Waals surface area contributed by atoms with Gasteiger partial charge in [-0.25, -0.2) is 4.98 Å². The van der Waals surface area contributed by atoms with Crippen molar-refractivity contribution in [2.45, 2.75) is 27.7 Å². The smallest absolute Gasteiger partial charge is 0.274 e. The van der Waals surface area contributed by atoms with Gasteiger partial charge in [0.15, 0.2) is 0 Å². The second-order valence-electron chi connectivity index (χ2n) is 5.78. The highest BCUT2D eigenvalue weighted by Crippen LogP contribution is 2.23. The third kappa shape index (κ3) is 2.77. The highest BCUT2D eigenvalue weighted by molar-refractivity contribution is 9.10. The van der Waals surface area contributed by atoms with Crippen LogP contribution in [0.3, 0.4) is 0 Å². The first-order valence-electron chi connectivity index (χ1n) is 7.41. The number of carbonyl (C=O) groups excluding carboxylic acids is 1. The predicted molar refractivity (Wildman–Crippen MR) is 96.2 cm³/mol. The van der Waals surface area contributed by atoms with Crippen LogP contribution in [0.25, 0.3) is 5.65 Å².